The quantitative estimate of drug-likeness (QED) is 0.732. The van der Waals surface area contributed by atoms with Crippen LogP contribution < -0.4 is 5.19 Å². The maximum atomic E-state index is 2.44. The van der Waals surface area contributed by atoms with Crippen LogP contribution in [0.2, 0.25) is 19.6 Å². The lowest BCUT2D eigenvalue weighted by atomic mass is 10.0. The third-order valence-corrected chi connectivity index (χ3v) is 5.98. The molecule has 0 heterocycles. The van der Waals surface area contributed by atoms with Gasteiger partial charge in [-0.15, -0.1) is 0 Å². The minimum absolute atomic E-state index is 0.627. The normalized spacial score (nSPS) is 14.3. The lowest BCUT2D eigenvalue weighted by molar-refractivity contribution is 0.200. The molecule has 102 valence electrons. The highest BCUT2D eigenvalue weighted by molar-refractivity contribution is 6.88. The Morgan fingerprint density at radius 2 is 1.50 bits per heavy atom. The molecule has 1 nitrogen and oxygen atoms in total. The first kappa shape index (κ1) is 15.5. The van der Waals surface area contributed by atoms with Crippen LogP contribution in [0.25, 0.3) is 0 Å². The number of benzene rings is 1. The zero-order valence-corrected chi connectivity index (χ0v) is 14.1. The maximum absolute atomic E-state index is 2.44. The fourth-order valence-electron chi connectivity index (χ4n) is 2.05. The predicted octanol–water partition coefficient (Wildman–Crippen LogP) is 3.71. The average molecular weight is 264 g/mol. The standard InChI is InChI=1S/C16H29NSi/c1-13(2)14(3)17(4)12-15-8-10-16(11-9-15)18(5,6)7/h8-11,13-14H,12H2,1-7H3. The van der Waals surface area contributed by atoms with E-state index in [0.717, 1.165) is 6.54 Å². The second-order valence-corrected chi connectivity index (χ2v) is 11.9. The summed E-state index contributed by atoms with van der Waals surface area (Å²) >= 11 is 0. The molecule has 0 aliphatic rings. The fourth-order valence-corrected chi connectivity index (χ4v) is 3.22. The Morgan fingerprint density at radius 1 is 1.00 bits per heavy atom. The molecule has 1 aromatic rings. The Balaban J connectivity index is 2.70. The summed E-state index contributed by atoms with van der Waals surface area (Å²) in [4.78, 5) is 2.44. The summed E-state index contributed by atoms with van der Waals surface area (Å²) in [6.45, 7) is 15.1. The smallest absolute Gasteiger partial charge is 0.0775 e. The van der Waals surface area contributed by atoms with Crippen molar-refractivity contribution in [3.05, 3.63) is 29.8 Å². The molecule has 1 rings (SSSR count). The van der Waals surface area contributed by atoms with Crippen LogP contribution in [-0.2, 0) is 6.54 Å². The molecule has 0 fully saturated rings. The van der Waals surface area contributed by atoms with Crippen LogP contribution in [0, 0.1) is 5.92 Å². The van der Waals surface area contributed by atoms with E-state index in [2.05, 4.69) is 76.6 Å². The van der Waals surface area contributed by atoms with E-state index in [1.165, 1.54) is 5.56 Å². The van der Waals surface area contributed by atoms with E-state index >= 15 is 0 Å². The Morgan fingerprint density at radius 3 is 1.89 bits per heavy atom. The summed E-state index contributed by atoms with van der Waals surface area (Å²) in [6, 6.07) is 9.89. The van der Waals surface area contributed by atoms with Gasteiger partial charge in [0.25, 0.3) is 0 Å². The van der Waals surface area contributed by atoms with Crippen LogP contribution >= 0.6 is 0 Å². The summed E-state index contributed by atoms with van der Waals surface area (Å²) < 4.78 is 0. The Kier molecular flexibility index (Phi) is 5.17. The second kappa shape index (κ2) is 6.03. The van der Waals surface area contributed by atoms with Crippen molar-refractivity contribution in [1.29, 1.82) is 0 Å². The van der Waals surface area contributed by atoms with Crippen LogP contribution in [0.3, 0.4) is 0 Å². The van der Waals surface area contributed by atoms with E-state index in [1.54, 1.807) is 5.19 Å². The van der Waals surface area contributed by atoms with Gasteiger partial charge in [-0.3, -0.25) is 4.90 Å². The Bertz CT molecular complexity index is 362. The molecule has 1 atom stereocenters. The van der Waals surface area contributed by atoms with Gasteiger partial charge in [-0.1, -0.05) is 62.9 Å². The molecule has 0 aliphatic heterocycles. The van der Waals surface area contributed by atoms with Crippen molar-refractivity contribution in [1.82, 2.24) is 4.90 Å². The first-order valence-corrected chi connectivity index (χ1v) is 10.5. The predicted molar refractivity (Wildman–Crippen MR) is 85.2 cm³/mol. The molecular formula is C16H29NSi. The van der Waals surface area contributed by atoms with Gasteiger partial charge in [-0.2, -0.15) is 0 Å². The molecule has 0 amide bonds. The van der Waals surface area contributed by atoms with Gasteiger partial charge in [0, 0.05) is 12.6 Å². The molecule has 1 aromatic carbocycles. The summed E-state index contributed by atoms with van der Waals surface area (Å²) in [5, 5.41) is 1.55. The zero-order chi connectivity index (χ0) is 13.9. The fraction of sp³-hybridized carbons (Fsp3) is 0.625. The molecule has 0 bridgehead atoms. The van der Waals surface area contributed by atoms with Crippen LogP contribution in [0.15, 0.2) is 24.3 Å². The number of hydrogen-bond donors (Lipinski definition) is 0. The molecule has 0 spiro atoms. The van der Waals surface area contributed by atoms with Gasteiger partial charge in [-0.25, -0.2) is 0 Å². The average Bonchev–Trinajstić information content (AvgIpc) is 2.27. The molecule has 1 unspecified atom stereocenters. The minimum Gasteiger partial charge on any atom is -0.299 e. The monoisotopic (exact) mass is 263 g/mol. The van der Waals surface area contributed by atoms with E-state index in [-0.39, 0.29) is 0 Å². The highest BCUT2D eigenvalue weighted by Crippen LogP contribution is 2.12. The third-order valence-electron chi connectivity index (χ3n) is 3.91. The van der Waals surface area contributed by atoms with Gasteiger partial charge in [0.2, 0.25) is 0 Å². The molecule has 0 saturated heterocycles. The van der Waals surface area contributed by atoms with Crippen molar-refractivity contribution in [2.24, 2.45) is 5.92 Å². The summed E-state index contributed by atoms with van der Waals surface area (Å²) in [5.41, 5.74) is 1.42. The van der Waals surface area contributed by atoms with Crippen LogP contribution in [0.5, 0.6) is 0 Å². The summed E-state index contributed by atoms with van der Waals surface area (Å²) in [7, 11) is 1.07. The van der Waals surface area contributed by atoms with Gasteiger partial charge in [0.05, 0.1) is 8.07 Å². The lowest BCUT2D eigenvalue weighted by Crippen LogP contribution is -2.37. The van der Waals surface area contributed by atoms with E-state index < -0.39 is 8.07 Å². The number of rotatable bonds is 5. The molecular weight excluding hydrogens is 234 g/mol. The molecule has 0 aliphatic carbocycles. The number of nitrogens with zero attached hydrogens (tertiary/aromatic N) is 1. The van der Waals surface area contributed by atoms with Crippen molar-refractivity contribution in [3.8, 4) is 0 Å². The minimum atomic E-state index is -1.15. The SMILES string of the molecule is CC(C)C(C)N(C)Cc1ccc([Si](C)(C)C)cc1. The Hall–Kier alpha value is -0.603. The van der Waals surface area contributed by atoms with Crippen molar-refractivity contribution >= 4 is 13.3 Å². The highest BCUT2D eigenvalue weighted by atomic mass is 28.3. The molecule has 0 aromatic heterocycles. The van der Waals surface area contributed by atoms with Gasteiger partial charge < -0.3 is 0 Å². The van der Waals surface area contributed by atoms with Crippen molar-refractivity contribution in [2.45, 2.75) is 53.0 Å². The van der Waals surface area contributed by atoms with Crippen molar-refractivity contribution < 1.29 is 0 Å². The molecule has 0 saturated carbocycles. The van der Waals surface area contributed by atoms with E-state index in [1.807, 2.05) is 0 Å². The molecule has 0 radical (unpaired) electrons. The van der Waals surface area contributed by atoms with E-state index in [4.69, 9.17) is 0 Å². The number of hydrogen-bond acceptors (Lipinski definition) is 1. The lowest BCUT2D eigenvalue weighted by Gasteiger charge is -2.28. The molecule has 0 N–H and O–H groups in total. The van der Waals surface area contributed by atoms with Gasteiger partial charge in [0.15, 0.2) is 0 Å². The van der Waals surface area contributed by atoms with E-state index in [0.29, 0.717) is 12.0 Å². The van der Waals surface area contributed by atoms with Crippen molar-refractivity contribution in [3.63, 3.8) is 0 Å². The van der Waals surface area contributed by atoms with Crippen LogP contribution in [0.1, 0.15) is 26.3 Å². The van der Waals surface area contributed by atoms with Crippen LogP contribution in [-0.4, -0.2) is 26.1 Å². The molecule has 18 heavy (non-hydrogen) atoms. The van der Waals surface area contributed by atoms with Gasteiger partial charge in [-0.05, 0) is 25.5 Å². The second-order valence-electron chi connectivity index (χ2n) is 6.85. The molecule has 2 heteroatoms. The van der Waals surface area contributed by atoms with Crippen molar-refractivity contribution in [2.75, 3.05) is 7.05 Å². The maximum Gasteiger partial charge on any atom is 0.0775 e. The zero-order valence-electron chi connectivity index (χ0n) is 13.1. The first-order chi connectivity index (χ1) is 8.21. The largest absolute Gasteiger partial charge is 0.299 e. The topological polar surface area (TPSA) is 3.24 Å². The van der Waals surface area contributed by atoms with Gasteiger partial charge in [0.1, 0.15) is 0 Å². The Labute approximate surface area is 114 Å². The summed E-state index contributed by atoms with van der Waals surface area (Å²) in [6.07, 6.45) is 0. The van der Waals surface area contributed by atoms with Gasteiger partial charge >= 0.3 is 0 Å². The first-order valence-electron chi connectivity index (χ1n) is 7.01. The van der Waals surface area contributed by atoms with E-state index in [9.17, 15) is 0 Å². The highest BCUT2D eigenvalue weighted by Gasteiger charge is 2.16. The van der Waals surface area contributed by atoms with Crippen LogP contribution in [0.4, 0.5) is 0 Å². The third kappa shape index (κ3) is 4.25. The summed E-state index contributed by atoms with van der Waals surface area (Å²) in [5.74, 6) is 0.705.